The van der Waals surface area contributed by atoms with Crippen LogP contribution >= 0.6 is 15.9 Å². The van der Waals surface area contributed by atoms with Crippen molar-refractivity contribution in [3.8, 4) is 11.5 Å². The number of hydrogen-bond acceptors (Lipinski definition) is 2. The minimum Gasteiger partial charge on any atom is -0.490 e. The Bertz CT molecular complexity index is 909. The molecule has 4 rings (SSSR count). The Morgan fingerprint density at radius 2 is 1.62 bits per heavy atom. The van der Waals surface area contributed by atoms with E-state index in [1.807, 2.05) is 6.07 Å². The van der Waals surface area contributed by atoms with Gasteiger partial charge in [0.15, 0.2) is 0 Å². The quantitative estimate of drug-likeness (QED) is 0.345. The molecule has 0 saturated carbocycles. The molecule has 0 N–H and O–H groups in total. The smallest absolute Gasteiger partial charge is 0.123 e. The standard InChI is InChI=1S/C26H27BrO2/c27-15-7-12-22-17-26-23(18-25(22)28-19-21-10-5-2-6-11-21)16-24(29-26)14-13-20-8-3-1-4-9-20/h1-6,8-11,17-18,24H,7,12-16,19H2. The molecule has 2 nitrogen and oxygen atoms in total. The van der Waals surface area contributed by atoms with Crippen LogP contribution < -0.4 is 9.47 Å². The highest BCUT2D eigenvalue weighted by Gasteiger charge is 2.25. The normalized spacial score (nSPS) is 15.0. The van der Waals surface area contributed by atoms with Crippen molar-refractivity contribution in [2.45, 2.75) is 44.8 Å². The molecule has 1 atom stereocenters. The van der Waals surface area contributed by atoms with Crippen molar-refractivity contribution in [3.05, 3.63) is 95.1 Å². The van der Waals surface area contributed by atoms with Crippen molar-refractivity contribution >= 4 is 15.9 Å². The van der Waals surface area contributed by atoms with Gasteiger partial charge in [0.05, 0.1) is 0 Å². The summed E-state index contributed by atoms with van der Waals surface area (Å²) in [4.78, 5) is 0. The summed E-state index contributed by atoms with van der Waals surface area (Å²) in [5, 5.41) is 0.989. The Balaban J connectivity index is 1.44. The average molecular weight is 451 g/mol. The van der Waals surface area contributed by atoms with Gasteiger partial charge >= 0.3 is 0 Å². The van der Waals surface area contributed by atoms with Gasteiger partial charge in [-0.3, -0.25) is 0 Å². The first-order chi connectivity index (χ1) is 14.3. The van der Waals surface area contributed by atoms with Gasteiger partial charge in [-0.15, -0.1) is 0 Å². The van der Waals surface area contributed by atoms with E-state index in [1.165, 1.54) is 22.3 Å². The van der Waals surface area contributed by atoms with E-state index in [-0.39, 0.29) is 6.10 Å². The molecule has 0 amide bonds. The van der Waals surface area contributed by atoms with Crippen LogP contribution in [0.5, 0.6) is 11.5 Å². The maximum atomic E-state index is 6.30. The second-order valence-electron chi connectivity index (χ2n) is 7.60. The van der Waals surface area contributed by atoms with E-state index < -0.39 is 0 Å². The molecule has 0 fully saturated rings. The van der Waals surface area contributed by atoms with Gasteiger partial charge in [-0.1, -0.05) is 76.6 Å². The van der Waals surface area contributed by atoms with E-state index >= 15 is 0 Å². The number of benzene rings is 3. The first kappa shape index (κ1) is 20.0. The number of alkyl halides is 1. The Labute approximate surface area is 182 Å². The Hall–Kier alpha value is -2.26. The van der Waals surface area contributed by atoms with Crippen LogP contribution in [0.15, 0.2) is 72.8 Å². The maximum absolute atomic E-state index is 6.30. The van der Waals surface area contributed by atoms with Gasteiger partial charge in [-0.25, -0.2) is 0 Å². The summed E-state index contributed by atoms with van der Waals surface area (Å²) in [5.74, 6) is 2.04. The highest BCUT2D eigenvalue weighted by Crippen LogP contribution is 2.37. The SMILES string of the molecule is BrCCCc1cc2c(cc1OCc1ccccc1)CC(CCc1ccccc1)O2. The van der Waals surface area contributed by atoms with Crippen molar-refractivity contribution in [2.24, 2.45) is 0 Å². The van der Waals surface area contributed by atoms with Crippen LogP contribution in [-0.2, 0) is 25.9 Å². The van der Waals surface area contributed by atoms with Crippen LogP contribution in [0.1, 0.15) is 35.1 Å². The van der Waals surface area contributed by atoms with Crippen molar-refractivity contribution in [1.82, 2.24) is 0 Å². The lowest BCUT2D eigenvalue weighted by atomic mass is 10.0. The highest BCUT2D eigenvalue weighted by molar-refractivity contribution is 9.09. The predicted octanol–water partition coefficient (Wildman–Crippen LogP) is 6.53. The summed E-state index contributed by atoms with van der Waals surface area (Å²) in [6.45, 7) is 0.596. The van der Waals surface area contributed by atoms with E-state index in [0.29, 0.717) is 6.61 Å². The van der Waals surface area contributed by atoms with E-state index in [9.17, 15) is 0 Å². The molecule has 1 aliphatic rings. The second-order valence-corrected chi connectivity index (χ2v) is 8.40. The molecule has 0 aliphatic carbocycles. The third kappa shape index (κ3) is 5.42. The molecule has 0 bridgehead atoms. The van der Waals surface area contributed by atoms with Gasteiger partial charge < -0.3 is 9.47 Å². The summed E-state index contributed by atoms with van der Waals surface area (Å²) >= 11 is 3.55. The van der Waals surface area contributed by atoms with Crippen molar-refractivity contribution < 1.29 is 9.47 Å². The van der Waals surface area contributed by atoms with Crippen molar-refractivity contribution in [2.75, 3.05) is 5.33 Å². The molecule has 0 spiro atoms. The van der Waals surface area contributed by atoms with Crippen LogP contribution in [0.4, 0.5) is 0 Å². The Morgan fingerprint density at radius 3 is 2.34 bits per heavy atom. The topological polar surface area (TPSA) is 18.5 Å². The fourth-order valence-electron chi connectivity index (χ4n) is 3.84. The maximum Gasteiger partial charge on any atom is 0.123 e. The van der Waals surface area contributed by atoms with Crippen LogP contribution in [0.2, 0.25) is 0 Å². The van der Waals surface area contributed by atoms with Gasteiger partial charge in [-0.2, -0.15) is 0 Å². The van der Waals surface area contributed by atoms with Crippen LogP contribution in [-0.4, -0.2) is 11.4 Å². The van der Waals surface area contributed by atoms with Crippen LogP contribution in [0.25, 0.3) is 0 Å². The Kier molecular flexibility index (Phi) is 6.89. The molecule has 3 aromatic carbocycles. The first-order valence-corrected chi connectivity index (χ1v) is 11.5. The predicted molar refractivity (Wildman–Crippen MR) is 122 cm³/mol. The molecular weight excluding hydrogens is 424 g/mol. The zero-order valence-corrected chi connectivity index (χ0v) is 18.2. The molecule has 1 unspecified atom stereocenters. The molecule has 29 heavy (non-hydrogen) atoms. The zero-order valence-electron chi connectivity index (χ0n) is 16.6. The fraction of sp³-hybridized carbons (Fsp3) is 0.308. The molecule has 3 aromatic rings. The summed E-state index contributed by atoms with van der Waals surface area (Å²) in [6, 6.07) is 25.4. The molecule has 150 valence electrons. The summed E-state index contributed by atoms with van der Waals surface area (Å²) in [7, 11) is 0. The van der Waals surface area contributed by atoms with E-state index in [4.69, 9.17) is 9.47 Å². The summed E-state index contributed by atoms with van der Waals surface area (Å²) in [5.41, 5.74) is 5.07. The number of fused-ring (bicyclic) bond motifs is 1. The van der Waals surface area contributed by atoms with Crippen LogP contribution in [0, 0.1) is 0 Å². The fourth-order valence-corrected chi connectivity index (χ4v) is 4.12. The lowest BCUT2D eigenvalue weighted by molar-refractivity contribution is 0.221. The molecule has 0 radical (unpaired) electrons. The lowest BCUT2D eigenvalue weighted by Gasteiger charge is -2.14. The number of ether oxygens (including phenoxy) is 2. The van der Waals surface area contributed by atoms with Gasteiger partial charge in [0.2, 0.25) is 0 Å². The van der Waals surface area contributed by atoms with E-state index in [2.05, 4.69) is 82.7 Å². The highest BCUT2D eigenvalue weighted by atomic mass is 79.9. The molecule has 1 aliphatic heterocycles. The minimum atomic E-state index is 0.249. The number of aryl methyl sites for hydroxylation is 2. The number of rotatable bonds is 9. The van der Waals surface area contributed by atoms with Gasteiger partial charge in [0, 0.05) is 17.3 Å². The second kappa shape index (κ2) is 9.98. The largest absolute Gasteiger partial charge is 0.490 e. The molecular formula is C26H27BrO2. The molecule has 0 aromatic heterocycles. The average Bonchev–Trinajstić information content (AvgIpc) is 3.17. The zero-order chi connectivity index (χ0) is 19.9. The monoisotopic (exact) mass is 450 g/mol. The lowest BCUT2D eigenvalue weighted by Crippen LogP contribution is -2.13. The minimum absolute atomic E-state index is 0.249. The van der Waals surface area contributed by atoms with Gasteiger partial charge in [0.1, 0.15) is 24.2 Å². The summed E-state index contributed by atoms with van der Waals surface area (Å²) < 4.78 is 12.5. The molecule has 0 saturated heterocycles. The third-order valence-corrected chi connectivity index (χ3v) is 5.96. The number of hydrogen-bond donors (Lipinski definition) is 0. The summed E-state index contributed by atoms with van der Waals surface area (Å²) in [6.07, 6.45) is 5.36. The van der Waals surface area contributed by atoms with Gasteiger partial charge in [0.25, 0.3) is 0 Å². The van der Waals surface area contributed by atoms with Crippen LogP contribution in [0.3, 0.4) is 0 Å². The molecule has 1 heterocycles. The van der Waals surface area contributed by atoms with E-state index in [0.717, 1.165) is 48.9 Å². The first-order valence-electron chi connectivity index (χ1n) is 10.4. The Morgan fingerprint density at radius 1 is 0.897 bits per heavy atom. The van der Waals surface area contributed by atoms with Crippen molar-refractivity contribution in [1.29, 1.82) is 0 Å². The van der Waals surface area contributed by atoms with Crippen molar-refractivity contribution in [3.63, 3.8) is 0 Å². The van der Waals surface area contributed by atoms with Gasteiger partial charge in [-0.05, 0) is 54.5 Å². The molecule has 3 heteroatoms. The number of halogens is 1. The third-order valence-electron chi connectivity index (χ3n) is 5.40. The van der Waals surface area contributed by atoms with E-state index in [1.54, 1.807) is 0 Å².